The first-order chi connectivity index (χ1) is 8.88. The van der Waals surface area contributed by atoms with E-state index in [2.05, 4.69) is 20.7 Å². The number of alkyl halides is 3. The van der Waals surface area contributed by atoms with Crippen LogP contribution < -0.4 is 4.74 Å². The van der Waals surface area contributed by atoms with Gasteiger partial charge in [0.05, 0.1) is 4.88 Å². The SMILES string of the molecule is OC(c1ccccc1OC(F)(F)F)c1sccc1Br. The lowest BCUT2D eigenvalue weighted by Gasteiger charge is -2.16. The van der Waals surface area contributed by atoms with Crippen molar-refractivity contribution in [3.05, 3.63) is 50.6 Å². The fourth-order valence-electron chi connectivity index (χ4n) is 1.57. The molecule has 0 saturated carbocycles. The highest BCUT2D eigenvalue weighted by Gasteiger charge is 2.33. The van der Waals surface area contributed by atoms with Gasteiger partial charge in [-0.25, -0.2) is 0 Å². The first-order valence-corrected chi connectivity index (χ1v) is 6.81. The van der Waals surface area contributed by atoms with Crippen molar-refractivity contribution in [1.29, 1.82) is 0 Å². The van der Waals surface area contributed by atoms with Crippen molar-refractivity contribution >= 4 is 27.3 Å². The van der Waals surface area contributed by atoms with Gasteiger partial charge in [-0.2, -0.15) is 0 Å². The maximum absolute atomic E-state index is 12.3. The van der Waals surface area contributed by atoms with Crippen molar-refractivity contribution in [2.75, 3.05) is 0 Å². The van der Waals surface area contributed by atoms with Gasteiger partial charge in [0, 0.05) is 10.0 Å². The fraction of sp³-hybridized carbons (Fsp3) is 0.167. The summed E-state index contributed by atoms with van der Waals surface area (Å²) in [5.74, 6) is -0.400. The van der Waals surface area contributed by atoms with Gasteiger partial charge in [0.2, 0.25) is 0 Å². The summed E-state index contributed by atoms with van der Waals surface area (Å²) in [5, 5.41) is 11.9. The minimum absolute atomic E-state index is 0.0722. The molecule has 19 heavy (non-hydrogen) atoms. The third-order valence-electron chi connectivity index (χ3n) is 2.33. The summed E-state index contributed by atoms with van der Waals surface area (Å²) in [6.45, 7) is 0. The molecule has 7 heteroatoms. The number of ether oxygens (including phenoxy) is 1. The van der Waals surface area contributed by atoms with Crippen LogP contribution in [0.2, 0.25) is 0 Å². The molecule has 0 bridgehead atoms. The van der Waals surface area contributed by atoms with Crippen LogP contribution in [0.4, 0.5) is 13.2 Å². The quantitative estimate of drug-likeness (QED) is 0.881. The lowest BCUT2D eigenvalue weighted by Crippen LogP contribution is -2.18. The number of benzene rings is 1. The van der Waals surface area contributed by atoms with E-state index in [1.54, 1.807) is 17.5 Å². The molecule has 1 N–H and O–H groups in total. The van der Waals surface area contributed by atoms with E-state index >= 15 is 0 Å². The number of thiophene rings is 1. The van der Waals surface area contributed by atoms with Gasteiger partial charge < -0.3 is 9.84 Å². The van der Waals surface area contributed by atoms with Crippen LogP contribution in [0.5, 0.6) is 5.75 Å². The third kappa shape index (κ3) is 3.49. The Bertz CT molecular complexity index is 568. The fourth-order valence-corrected chi connectivity index (χ4v) is 3.16. The van der Waals surface area contributed by atoms with Gasteiger partial charge in [-0.15, -0.1) is 24.5 Å². The van der Waals surface area contributed by atoms with Gasteiger partial charge in [0.25, 0.3) is 0 Å². The van der Waals surface area contributed by atoms with Gasteiger partial charge in [-0.05, 0) is 33.4 Å². The zero-order valence-electron chi connectivity index (χ0n) is 9.32. The molecule has 0 aliphatic rings. The molecular weight excluding hydrogens is 345 g/mol. The Labute approximate surface area is 119 Å². The number of rotatable bonds is 3. The summed E-state index contributed by atoms with van der Waals surface area (Å²) in [5.41, 5.74) is 0.0722. The van der Waals surface area contributed by atoms with Gasteiger partial charge >= 0.3 is 6.36 Å². The molecule has 0 aliphatic carbocycles. The molecule has 0 aliphatic heterocycles. The van der Waals surface area contributed by atoms with Crippen LogP contribution in [0.15, 0.2) is 40.2 Å². The van der Waals surface area contributed by atoms with Crippen LogP contribution in [-0.4, -0.2) is 11.5 Å². The monoisotopic (exact) mass is 352 g/mol. The Balaban J connectivity index is 2.37. The second-order valence-corrected chi connectivity index (χ2v) is 5.42. The molecular formula is C12H8BrF3O2S. The summed E-state index contributed by atoms with van der Waals surface area (Å²) >= 11 is 4.48. The molecule has 0 fully saturated rings. The average molecular weight is 353 g/mol. The number of aliphatic hydroxyl groups excluding tert-OH is 1. The highest BCUT2D eigenvalue weighted by molar-refractivity contribution is 9.10. The molecule has 1 heterocycles. The predicted molar refractivity (Wildman–Crippen MR) is 69.2 cm³/mol. The Morgan fingerprint density at radius 1 is 1.21 bits per heavy atom. The minimum Gasteiger partial charge on any atom is -0.405 e. The summed E-state index contributed by atoms with van der Waals surface area (Å²) in [7, 11) is 0. The highest BCUT2D eigenvalue weighted by atomic mass is 79.9. The van der Waals surface area contributed by atoms with E-state index in [9.17, 15) is 18.3 Å². The smallest absolute Gasteiger partial charge is 0.405 e. The van der Waals surface area contributed by atoms with Crippen molar-refractivity contribution in [3.8, 4) is 5.75 Å². The van der Waals surface area contributed by atoms with Crippen LogP contribution in [0.25, 0.3) is 0 Å². The van der Waals surface area contributed by atoms with Crippen LogP contribution in [0.1, 0.15) is 16.5 Å². The molecule has 0 amide bonds. The Kier molecular flexibility index (Phi) is 4.17. The molecule has 2 rings (SSSR count). The number of halogens is 4. The molecule has 0 radical (unpaired) electrons. The van der Waals surface area contributed by atoms with Crippen molar-refractivity contribution in [1.82, 2.24) is 0 Å². The predicted octanol–water partition coefficient (Wildman–Crippen LogP) is 4.49. The molecule has 2 nitrogen and oxygen atoms in total. The second-order valence-electron chi connectivity index (χ2n) is 3.62. The number of hydrogen-bond donors (Lipinski definition) is 1. The summed E-state index contributed by atoms with van der Waals surface area (Å²) in [4.78, 5) is 0.526. The van der Waals surface area contributed by atoms with Gasteiger partial charge in [0.1, 0.15) is 11.9 Å². The van der Waals surface area contributed by atoms with Gasteiger partial charge in [-0.1, -0.05) is 18.2 Å². The molecule has 0 spiro atoms. The van der Waals surface area contributed by atoms with Crippen LogP contribution in [0, 0.1) is 0 Å². The van der Waals surface area contributed by atoms with E-state index in [0.29, 0.717) is 9.35 Å². The lowest BCUT2D eigenvalue weighted by atomic mass is 10.1. The molecule has 1 aromatic carbocycles. The van der Waals surface area contributed by atoms with Crippen LogP contribution >= 0.6 is 27.3 Å². The maximum Gasteiger partial charge on any atom is 0.573 e. The zero-order valence-corrected chi connectivity index (χ0v) is 11.7. The van der Waals surface area contributed by atoms with Crippen LogP contribution in [-0.2, 0) is 0 Å². The maximum atomic E-state index is 12.3. The third-order valence-corrected chi connectivity index (χ3v) is 4.26. The largest absolute Gasteiger partial charge is 0.573 e. The molecule has 0 saturated heterocycles. The topological polar surface area (TPSA) is 29.5 Å². The average Bonchev–Trinajstić information content (AvgIpc) is 2.73. The normalized spacial score (nSPS) is 13.3. The van der Waals surface area contributed by atoms with Crippen molar-refractivity contribution in [2.45, 2.75) is 12.5 Å². The first-order valence-electron chi connectivity index (χ1n) is 5.14. The first kappa shape index (κ1) is 14.4. The molecule has 102 valence electrons. The summed E-state index contributed by atoms with van der Waals surface area (Å²) in [6, 6.07) is 7.26. The van der Waals surface area contributed by atoms with Gasteiger partial charge in [0.15, 0.2) is 0 Å². The second kappa shape index (κ2) is 5.52. The zero-order chi connectivity index (χ0) is 14.0. The number of hydrogen-bond acceptors (Lipinski definition) is 3. The van der Waals surface area contributed by atoms with Crippen molar-refractivity contribution in [3.63, 3.8) is 0 Å². The van der Waals surface area contributed by atoms with E-state index < -0.39 is 18.2 Å². The molecule has 1 atom stereocenters. The number of para-hydroxylation sites is 1. The summed E-state index contributed by atoms with van der Waals surface area (Å²) < 4.78 is 41.5. The van der Waals surface area contributed by atoms with E-state index in [4.69, 9.17) is 0 Å². The summed E-state index contributed by atoms with van der Waals surface area (Å²) in [6.07, 6.45) is -5.96. The highest BCUT2D eigenvalue weighted by Crippen LogP contribution is 2.38. The molecule has 2 aromatic rings. The molecule has 1 unspecified atom stereocenters. The van der Waals surface area contributed by atoms with E-state index in [1.807, 2.05) is 0 Å². The standard InChI is InChI=1S/C12H8BrF3O2S/c13-8-5-6-19-11(8)10(17)7-3-1-2-4-9(7)18-12(14,15)16/h1-6,10,17H. The van der Waals surface area contributed by atoms with E-state index in [-0.39, 0.29) is 5.56 Å². The Morgan fingerprint density at radius 3 is 2.47 bits per heavy atom. The van der Waals surface area contributed by atoms with E-state index in [1.165, 1.54) is 29.5 Å². The minimum atomic E-state index is -4.79. The van der Waals surface area contributed by atoms with Crippen molar-refractivity contribution in [2.24, 2.45) is 0 Å². The van der Waals surface area contributed by atoms with Crippen LogP contribution in [0.3, 0.4) is 0 Å². The number of aliphatic hydroxyl groups is 1. The van der Waals surface area contributed by atoms with Gasteiger partial charge in [-0.3, -0.25) is 0 Å². The lowest BCUT2D eigenvalue weighted by molar-refractivity contribution is -0.275. The van der Waals surface area contributed by atoms with Crippen molar-refractivity contribution < 1.29 is 23.0 Å². The Morgan fingerprint density at radius 2 is 1.89 bits per heavy atom. The Hall–Kier alpha value is -1.05. The van der Waals surface area contributed by atoms with E-state index in [0.717, 1.165) is 0 Å². The molecule has 1 aromatic heterocycles.